The average Bonchev–Trinajstić information content (AvgIpc) is 2.38. The van der Waals surface area contributed by atoms with Crippen LogP contribution in [0.25, 0.3) is 0 Å². The number of nitrogens with two attached hydrogens (primary N) is 1. The molecule has 0 aliphatic heterocycles. The van der Waals surface area contributed by atoms with Gasteiger partial charge >= 0.3 is 0 Å². The predicted octanol–water partition coefficient (Wildman–Crippen LogP) is 2.46. The summed E-state index contributed by atoms with van der Waals surface area (Å²) >= 11 is 0. The molecule has 19 heavy (non-hydrogen) atoms. The molecule has 0 rings (SSSR count). The van der Waals surface area contributed by atoms with Crippen LogP contribution in [0.15, 0.2) is 0 Å². The molecule has 0 aromatic rings. The van der Waals surface area contributed by atoms with Crippen LogP contribution in [0.1, 0.15) is 59.8 Å². The van der Waals surface area contributed by atoms with Crippen molar-refractivity contribution in [3.05, 3.63) is 0 Å². The number of likely N-dealkylation sites (N-methyl/N-ethyl adjacent to an activating group) is 1. The lowest BCUT2D eigenvalue weighted by Gasteiger charge is -2.29. The quantitative estimate of drug-likeness (QED) is 0.607. The summed E-state index contributed by atoms with van der Waals surface area (Å²) in [6, 6.07) is 0. The summed E-state index contributed by atoms with van der Waals surface area (Å²) in [6.07, 6.45) is 5.48. The molecule has 0 radical (unpaired) electrons. The lowest BCUT2D eigenvalue weighted by molar-refractivity contribution is -0.125. The lowest BCUT2D eigenvalue weighted by atomic mass is 9.94. The molecule has 3 unspecified atom stereocenters. The Kier molecular flexibility index (Phi) is 9.02. The second kappa shape index (κ2) is 9.32. The summed E-state index contributed by atoms with van der Waals surface area (Å²) < 4.78 is 5.89. The molecule has 0 aromatic heterocycles. The first-order chi connectivity index (χ1) is 8.89. The van der Waals surface area contributed by atoms with E-state index in [9.17, 15) is 4.79 Å². The molecule has 4 heteroatoms. The molecule has 0 saturated carbocycles. The molecule has 0 aliphatic rings. The van der Waals surface area contributed by atoms with Crippen molar-refractivity contribution in [2.24, 2.45) is 11.7 Å². The van der Waals surface area contributed by atoms with Crippen LogP contribution in [0.5, 0.6) is 0 Å². The van der Waals surface area contributed by atoms with Gasteiger partial charge in [-0.15, -0.1) is 0 Å². The number of rotatable bonds is 11. The molecule has 0 aromatic carbocycles. The van der Waals surface area contributed by atoms with E-state index >= 15 is 0 Å². The van der Waals surface area contributed by atoms with Gasteiger partial charge in [0.25, 0.3) is 0 Å². The number of primary amides is 1. The first-order valence-corrected chi connectivity index (χ1v) is 7.50. The zero-order valence-electron chi connectivity index (χ0n) is 13.3. The number of nitrogens with one attached hydrogen (secondary N) is 1. The van der Waals surface area contributed by atoms with Gasteiger partial charge in [0.05, 0.1) is 11.6 Å². The fraction of sp³-hybridized carbons (Fsp3) is 0.933. The van der Waals surface area contributed by atoms with Crippen LogP contribution in [-0.2, 0) is 9.53 Å². The highest BCUT2D eigenvalue weighted by molar-refractivity contribution is 5.84. The van der Waals surface area contributed by atoms with Gasteiger partial charge in [0, 0.05) is 13.0 Å². The summed E-state index contributed by atoms with van der Waals surface area (Å²) in [5, 5.41) is 2.99. The first-order valence-electron chi connectivity index (χ1n) is 7.50. The van der Waals surface area contributed by atoms with Crippen LogP contribution in [0.4, 0.5) is 0 Å². The number of carbonyl (C=O) groups is 1. The Morgan fingerprint density at radius 2 is 2.05 bits per heavy atom. The SMILES string of the molecule is CCCCC(CC)COC(C)CC(C)(NC)C(N)=O. The van der Waals surface area contributed by atoms with E-state index in [1.807, 2.05) is 13.8 Å². The molecule has 0 spiro atoms. The maximum absolute atomic E-state index is 11.4. The van der Waals surface area contributed by atoms with E-state index < -0.39 is 5.54 Å². The Morgan fingerprint density at radius 3 is 2.47 bits per heavy atom. The van der Waals surface area contributed by atoms with E-state index in [4.69, 9.17) is 10.5 Å². The molecule has 0 bridgehead atoms. The molecule has 114 valence electrons. The van der Waals surface area contributed by atoms with Crippen LogP contribution in [0.2, 0.25) is 0 Å². The standard InChI is InChI=1S/C15H32N2O2/c1-6-8-9-13(7-2)11-19-12(3)10-15(4,17-5)14(16)18/h12-13,17H,6-11H2,1-5H3,(H2,16,18). The summed E-state index contributed by atoms with van der Waals surface area (Å²) in [4.78, 5) is 11.4. The van der Waals surface area contributed by atoms with Gasteiger partial charge in [-0.05, 0) is 33.2 Å². The highest BCUT2D eigenvalue weighted by atomic mass is 16.5. The maximum atomic E-state index is 11.4. The van der Waals surface area contributed by atoms with Crippen molar-refractivity contribution in [1.29, 1.82) is 0 Å². The lowest BCUT2D eigenvalue weighted by Crippen LogP contribution is -2.53. The predicted molar refractivity (Wildman–Crippen MR) is 80.0 cm³/mol. The van der Waals surface area contributed by atoms with Gasteiger partial charge in [-0.2, -0.15) is 0 Å². The largest absolute Gasteiger partial charge is 0.378 e. The average molecular weight is 272 g/mol. The molecule has 0 aliphatic carbocycles. The molecule has 4 nitrogen and oxygen atoms in total. The summed E-state index contributed by atoms with van der Waals surface area (Å²) in [5.74, 6) is 0.292. The summed E-state index contributed by atoms with van der Waals surface area (Å²) in [7, 11) is 1.76. The van der Waals surface area contributed by atoms with Crippen molar-refractivity contribution < 1.29 is 9.53 Å². The van der Waals surface area contributed by atoms with Crippen LogP contribution < -0.4 is 11.1 Å². The number of hydrogen-bond acceptors (Lipinski definition) is 3. The monoisotopic (exact) mass is 272 g/mol. The molecule has 0 fully saturated rings. The molecule has 3 N–H and O–H groups in total. The minimum absolute atomic E-state index is 0.0284. The van der Waals surface area contributed by atoms with Crippen LogP contribution >= 0.6 is 0 Å². The van der Waals surface area contributed by atoms with E-state index in [0.29, 0.717) is 12.3 Å². The molecule has 1 amide bonds. The van der Waals surface area contributed by atoms with E-state index in [1.165, 1.54) is 19.3 Å². The third-order valence-corrected chi connectivity index (χ3v) is 3.95. The number of amides is 1. The van der Waals surface area contributed by atoms with Gasteiger partial charge in [0.1, 0.15) is 0 Å². The summed E-state index contributed by atoms with van der Waals surface area (Å²) in [6.45, 7) is 9.02. The van der Waals surface area contributed by atoms with Crippen LogP contribution in [-0.4, -0.2) is 31.2 Å². The van der Waals surface area contributed by atoms with Crippen molar-refractivity contribution in [2.75, 3.05) is 13.7 Å². The van der Waals surface area contributed by atoms with E-state index in [1.54, 1.807) is 7.05 Å². The topological polar surface area (TPSA) is 64.3 Å². The van der Waals surface area contributed by atoms with Gasteiger partial charge in [-0.1, -0.05) is 33.1 Å². The molecule has 3 atom stereocenters. The van der Waals surface area contributed by atoms with Gasteiger partial charge in [-0.3, -0.25) is 4.79 Å². The summed E-state index contributed by atoms with van der Waals surface area (Å²) in [5.41, 5.74) is 4.73. The zero-order valence-corrected chi connectivity index (χ0v) is 13.3. The number of hydrogen-bond donors (Lipinski definition) is 2. The van der Waals surface area contributed by atoms with E-state index in [2.05, 4.69) is 19.2 Å². The fourth-order valence-corrected chi connectivity index (χ4v) is 2.16. The highest BCUT2D eigenvalue weighted by Gasteiger charge is 2.31. The third kappa shape index (κ3) is 6.92. The van der Waals surface area contributed by atoms with Crippen molar-refractivity contribution in [2.45, 2.75) is 71.4 Å². The van der Waals surface area contributed by atoms with Crippen LogP contribution in [0.3, 0.4) is 0 Å². The number of ether oxygens (including phenoxy) is 1. The van der Waals surface area contributed by atoms with Crippen molar-refractivity contribution in [1.82, 2.24) is 5.32 Å². The Bertz CT molecular complexity index is 259. The Labute approximate surface area is 118 Å². The highest BCUT2D eigenvalue weighted by Crippen LogP contribution is 2.17. The van der Waals surface area contributed by atoms with Gasteiger partial charge < -0.3 is 15.8 Å². The van der Waals surface area contributed by atoms with Crippen LogP contribution in [0, 0.1) is 5.92 Å². The van der Waals surface area contributed by atoms with Gasteiger partial charge in [0.15, 0.2) is 0 Å². The second-order valence-electron chi connectivity index (χ2n) is 5.71. The molecular formula is C15H32N2O2. The minimum atomic E-state index is -0.690. The van der Waals surface area contributed by atoms with Gasteiger partial charge in [-0.25, -0.2) is 0 Å². The second-order valence-corrected chi connectivity index (χ2v) is 5.71. The number of unbranched alkanes of at least 4 members (excludes halogenated alkanes) is 1. The first kappa shape index (κ1) is 18.4. The Balaban J connectivity index is 4.15. The Morgan fingerprint density at radius 1 is 1.42 bits per heavy atom. The normalized spacial score (nSPS) is 17.7. The van der Waals surface area contributed by atoms with Gasteiger partial charge in [0.2, 0.25) is 5.91 Å². The molecular weight excluding hydrogens is 240 g/mol. The third-order valence-electron chi connectivity index (χ3n) is 3.95. The van der Waals surface area contributed by atoms with Crippen molar-refractivity contribution in [3.8, 4) is 0 Å². The van der Waals surface area contributed by atoms with Crippen molar-refractivity contribution >= 4 is 5.91 Å². The molecule has 0 saturated heterocycles. The fourth-order valence-electron chi connectivity index (χ4n) is 2.16. The van der Waals surface area contributed by atoms with E-state index in [-0.39, 0.29) is 12.0 Å². The maximum Gasteiger partial charge on any atom is 0.237 e. The number of carbonyl (C=O) groups excluding carboxylic acids is 1. The minimum Gasteiger partial charge on any atom is -0.378 e. The van der Waals surface area contributed by atoms with Crippen molar-refractivity contribution in [3.63, 3.8) is 0 Å². The smallest absolute Gasteiger partial charge is 0.237 e. The van der Waals surface area contributed by atoms with E-state index in [0.717, 1.165) is 13.0 Å². The zero-order chi connectivity index (χ0) is 14.9. The Hall–Kier alpha value is -0.610. The molecule has 0 heterocycles.